The Morgan fingerprint density at radius 1 is 1.32 bits per heavy atom. The van der Waals surface area contributed by atoms with Gasteiger partial charge in [0.05, 0.1) is 24.4 Å². The van der Waals surface area contributed by atoms with Crippen LogP contribution >= 0.6 is 0 Å². The standard InChI is InChI=1S/C21H30N6O7/c1-13-19(32-4)16(10-31-3)34-21(13)27-9-14(15-8-22-11-24-20(15)27)7-23-17(28)5-6-18(29)33-12-26(2)25-30/h8-9,11,13,16,19,21H,5-7,10,12H2,1-4H3,(H,23,28). The highest BCUT2D eigenvalue weighted by Gasteiger charge is 2.43. The Morgan fingerprint density at radius 2 is 2.12 bits per heavy atom. The minimum absolute atomic E-state index is 0.0256. The van der Waals surface area contributed by atoms with Gasteiger partial charge in [0.15, 0.2) is 6.73 Å². The minimum Gasteiger partial charge on any atom is -0.443 e. The summed E-state index contributed by atoms with van der Waals surface area (Å²) in [6.45, 7) is 2.41. The largest absolute Gasteiger partial charge is 0.443 e. The smallest absolute Gasteiger partial charge is 0.308 e. The van der Waals surface area contributed by atoms with E-state index in [1.807, 2.05) is 17.7 Å². The fraction of sp³-hybridized carbons (Fsp3) is 0.619. The van der Waals surface area contributed by atoms with Crippen LogP contribution in [0, 0.1) is 10.8 Å². The van der Waals surface area contributed by atoms with Crippen LogP contribution < -0.4 is 5.32 Å². The normalized spacial score (nSPS) is 22.0. The molecule has 1 fully saturated rings. The van der Waals surface area contributed by atoms with Crippen LogP contribution in [0.3, 0.4) is 0 Å². The van der Waals surface area contributed by atoms with Crippen LogP contribution in [0.2, 0.25) is 0 Å². The zero-order valence-corrected chi connectivity index (χ0v) is 19.7. The fourth-order valence-electron chi connectivity index (χ4n) is 4.01. The Balaban J connectivity index is 1.65. The zero-order valence-electron chi connectivity index (χ0n) is 19.7. The van der Waals surface area contributed by atoms with Gasteiger partial charge in [0, 0.05) is 63.5 Å². The van der Waals surface area contributed by atoms with Gasteiger partial charge in [0.2, 0.25) is 5.91 Å². The lowest BCUT2D eigenvalue weighted by atomic mass is 10.0. The molecule has 1 amide bonds. The molecule has 1 saturated heterocycles. The van der Waals surface area contributed by atoms with E-state index in [0.717, 1.165) is 16.0 Å². The molecule has 1 N–H and O–H groups in total. The van der Waals surface area contributed by atoms with Crippen LogP contribution in [-0.2, 0) is 35.1 Å². The molecule has 4 atom stereocenters. The van der Waals surface area contributed by atoms with Crippen molar-refractivity contribution in [1.82, 2.24) is 24.9 Å². The lowest BCUT2D eigenvalue weighted by Crippen LogP contribution is -2.31. The monoisotopic (exact) mass is 478 g/mol. The van der Waals surface area contributed by atoms with Crippen molar-refractivity contribution < 1.29 is 28.5 Å². The number of methoxy groups -OCH3 is 2. The van der Waals surface area contributed by atoms with E-state index in [0.29, 0.717) is 12.3 Å². The Kier molecular flexibility index (Phi) is 8.85. The second-order valence-corrected chi connectivity index (χ2v) is 8.06. The first kappa shape index (κ1) is 25.5. The van der Waals surface area contributed by atoms with Crippen molar-refractivity contribution in [2.75, 3.05) is 34.6 Å². The molecule has 0 radical (unpaired) electrons. The molecule has 3 rings (SSSR count). The Hall–Kier alpha value is -3.16. The summed E-state index contributed by atoms with van der Waals surface area (Å²) in [5.41, 5.74) is 1.49. The highest BCUT2D eigenvalue weighted by Crippen LogP contribution is 2.38. The van der Waals surface area contributed by atoms with Gasteiger partial charge < -0.3 is 28.8 Å². The molecular weight excluding hydrogens is 448 g/mol. The quantitative estimate of drug-likeness (QED) is 0.204. The number of hydrogen-bond donors (Lipinski definition) is 1. The third-order valence-electron chi connectivity index (χ3n) is 5.69. The van der Waals surface area contributed by atoms with Gasteiger partial charge in [0.1, 0.15) is 24.3 Å². The highest BCUT2D eigenvalue weighted by atomic mass is 16.6. The Bertz CT molecular complexity index is 999. The van der Waals surface area contributed by atoms with E-state index in [2.05, 4.69) is 20.6 Å². The molecule has 2 aromatic rings. The van der Waals surface area contributed by atoms with E-state index in [1.165, 1.54) is 13.4 Å². The molecule has 0 saturated carbocycles. The number of fused-ring (bicyclic) bond motifs is 1. The number of rotatable bonds is 12. The van der Waals surface area contributed by atoms with Gasteiger partial charge in [-0.1, -0.05) is 6.92 Å². The number of ether oxygens (including phenoxy) is 4. The maximum absolute atomic E-state index is 12.3. The number of nitrogens with one attached hydrogen (secondary N) is 1. The van der Waals surface area contributed by atoms with Crippen molar-refractivity contribution in [1.29, 1.82) is 0 Å². The predicted octanol–water partition coefficient (Wildman–Crippen LogP) is 1.14. The van der Waals surface area contributed by atoms with Crippen molar-refractivity contribution in [2.45, 2.75) is 44.7 Å². The molecule has 0 spiro atoms. The predicted molar refractivity (Wildman–Crippen MR) is 119 cm³/mol. The van der Waals surface area contributed by atoms with E-state index < -0.39 is 5.97 Å². The van der Waals surface area contributed by atoms with Gasteiger partial charge in [-0.3, -0.25) is 9.59 Å². The number of amides is 1. The first-order chi connectivity index (χ1) is 16.4. The SMILES string of the molecule is COCC1OC(n2cc(CNC(=O)CCC(=O)OCN(C)N=O)c3cncnc32)C(C)C1OC. The first-order valence-corrected chi connectivity index (χ1v) is 10.8. The molecule has 13 heteroatoms. The maximum Gasteiger partial charge on any atom is 0.308 e. The molecule has 0 aliphatic carbocycles. The summed E-state index contributed by atoms with van der Waals surface area (Å²) in [5.74, 6) is -0.888. The second kappa shape index (κ2) is 11.8. The average Bonchev–Trinajstić information content (AvgIpc) is 3.36. The van der Waals surface area contributed by atoms with Crippen molar-refractivity contribution in [3.05, 3.63) is 29.2 Å². The summed E-state index contributed by atoms with van der Waals surface area (Å²) in [4.78, 5) is 42.8. The van der Waals surface area contributed by atoms with Gasteiger partial charge in [-0.25, -0.2) is 15.0 Å². The molecule has 0 bridgehead atoms. The number of carbonyl (C=O) groups excluding carboxylic acids is 2. The third-order valence-corrected chi connectivity index (χ3v) is 5.69. The van der Waals surface area contributed by atoms with Crippen LogP contribution in [-0.4, -0.2) is 78.2 Å². The molecule has 34 heavy (non-hydrogen) atoms. The summed E-state index contributed by atoms with van der Waals surface area (Å²) in [6.07, 6.45) is 4.17. The van der Waals surface area contributed by atoms with Gasteiger partial charge in [-0.05, 0) is 0 Å². The molecule has 3 heterocycles. The second-order valence-electron chi connectivity index (χ2n) is 8.06. The summed E-state index contributed by atoms with van der Waals surface area (Å²) < 4.78 is 23.9. The Morgan fingerprint density at radius 3 is 2.82 bits per heavy atom. The minimum atomic E-state index is -0.596. The Labute approximate surface area is 196 Å². The number of aromatic nitrogens is 3. The lowest BCUT2D eigenvalue weighted by molar-refractivity contribution is -0.149. The van der Waals surface area contributed by atoms with Crippen LogP contribution in [0.15, 0.2) is 24.0 Å². The lowest BCUT2D eigenvalue weighted by Gasteiger charge is -2.19. The highest BCUT2D eigenvalue weighted by molar-refractivity contribution is 5.83. The van der Waals surface area contributed by atoms with Gasteiger partial charge in [-0.2, -0.15) is 0 Å². The van der Waals surface area contributed by atoms with E-state index >= 15 is 0 Å². The van der Waals surface area contributed by atoms with Crippen LogP contribution in [0.5, 0.6) is 0 Å². The van der Waals surface area contributed by atoms with Crippen LogP contribution in [0.25, 0.3) is 11.0 Å². The van der Waals surface area contributed by atoms with Gasteiger partial charge >= 0.3 is 5.97 Å². The average molecular weight is 479 g/mol. The summed E-state index contributed by atoms with van der Waals surface area (Å²) in [6, 6.07) is 0. The first-order valence-electron chi connectivity index (χ1n) is 10.8. The summed E-state index contributed by atoms with van der Waals surface area (Å²) in [7, 11) is 4.64. The van der Waals surface area contributed by atoms with Gasteiger partial charge in [0.25, 0.3) is 0 Å². The van der Waals surface area contributed by atoms with E-state index in [1.54, 1.807) is 20.4 Å². The van der Waals surface area contributed by atoms with E-state index in [4.69, 9.17) is 18.9 Å². The molecule has 1 aliphatic heterocycles. The van der Waals surface area contributed by atoms with Crippen molar-refractivity contribution in [3.63, 3.8) is 0 Å². The summed E-state index contributed by atoms with van der Waals surface area (Å²) in [5, 5.41) is 7.11. The number of carbonyl (C=O) groups is 2. The fourth-order valence-corrected chi connectivity index (χ4v) is 4.01. The molecule has 4 unspecified atom stereocenters. The molecular formula is C21H30N6O7. The number of hydrogen-bond acceptors (Lipinski definition) is 10. The zero-order chi connectivity index (χ0) is 24.7. The van der Waals surface area contributed by atoms with Crippen LogP contribution in [0.4, 0.5) is 0 Å². The number of esters is 1. The van der Waals surface area contributed by atoms with E-state index in [-0.39, 0.29) is 56.4 Å². The maximum atomic E-state index is 12.3. The number of nitrogens with zero attached hydrogens (tertiary/aromatic N) is 5. The van der Waals surface area contributed by atoms with Crippen molar-refractivity contribution in [2.24, 2.45) is 11.2 Å². The molecule has 186 valence electrons. The van der Waals surface area contributed by atoms with Crippen LogP contribution in [0.1, 0.15) is 31.6 Å². The third kappa shape index (κ3) is 5.85. The van der Waals surface area contributed by atoms with Gasteiger partial charge in [-0.15, -0.1) is 4.91 Å². The molecule has 1 aliphatic rings. The summed E-state index contributed by atoms with van der Waals surface area (Å²) >= 11 is 0. The topological polar surface area (TPSA) is 146 Å². The molecule has 2 aromatic heterocycles. The molecule has 0 aromatic carbocycles. The molecule has 13 nitrogen and oxygen atoms in total. The van der Waals surface area contributed by atoms with E-state index in [9.17, 15) is 14.5 Å². The number of nitroso groups, excluding NO2 is 1. The van der Waals surface area contributed by atoms with Crippen molar-refractivity contribution >= 4 is 22.9 Å². The van der Waals surface area contributed by atoms with Crippen molar-refractivity contribution in [3.8, 4) is 0 Å².